The van der Waals surface area contributed by atoms with Crippen LogP contribution in [-0.4, -0.2) is 25.4 Å². The number of methoxy groups -OCH3 is 2. The van der Waals surface area contributed by atoms with Gasteiger partial charge in [-0.25, -0.2) is 4.79 Å². The minimum Gasteiger partial charge on any atom is -0.493 e. The summed E-state index contributed by atoms with van der Waals surface area (Å²) in [6.07, 6.45) is -1.83. The van der Waals surface area contributed by atoms with E-state index < -0.39 is 17.8 Å². The standard InChI is InChI=1S/C34H32O8/c1-22(31(36)25-14-16-27(28(18-25)37-2)39-20-23-10-6-4-7-11-23)41-33-29(38-3)19-26-15-17-30(35)42-32(26)34(33)40-21-24-12-8-5-9-13-24/h4-19,22,31,36H,20-21H2,1-3H3/t22-,31+/m0/s1. The molecule has 0 aliphatic rings. The SMILES string of the molecule is COc1cc([C@H](O)[C@H](C)Oc2c(OC)cc3ccc(=O)oc3c2OCc2ccccc2)ccc1OCc1ccccc1. The maximum absolute atomic E-state index is 12.1. The predicted molar refractivity (Wildman–Crippen MR) is 159 cm³/mol. The van der Waals surface area contributed by atoms with Gasteiger partial charge in [-0.1, -0.05) is 66.7 Å². The average Bonchev–Trinajstić information content (AvgIpc) is 3.03. The van der Waals surface area contributed by atoms with Crippen LogP contribution in [0, 0.1) is 0 Å². The zero-order valence-electron chi connectivity index (χ0n) is 23.6. The lowest BCUT2D eigenvalue weighted by Crippen LogP contribution is -2.22. The Morgan fingerprint density at radius 1 is 0.714 bits per heavy atom. The third kappa shape index (κ3) is 6.50. The van der Waals surface area contributed by atoms with E-state index in [1.807, 2.05) is 60.7 Å². The van der Waals surface area contributed by atoms with Crippen molar-refractivity contribution in [2.45, 2.75) is 32.3 Å². The smallest absolute Gasteiger partial charge is 0.336 e. The first-order valence-corrected chi connectivity index (χ1v) is 13.5. The topological polar surface area (TPSA) is 96.6 Å². The number of rotatable bonds is 12. The number of benzene rings is 4. The molecule has 0 saturated heterocycles. The Kier molecular flexibility index (Phi) is 8.94. The molecule has 2 atom stereocenters. The van der Waals surface area contributed by atoms with Crippen LogP contribution >= 0.6 is 0 Å². The molecule has 0 fully saturated rings. The third-order valence-electron chi connectivity index (χ3n) is 6.75. The highest BCUT2D eigenvalue weighted by atomic mass is 16.6. The zero-order valence-corrected chi connectivity index (χ0v) is 23.6. The van der Waals surface area contributed by atoms with E-state index in [1.54, 1.807) is 44.4 Å². The van der Waals surface area contributed by atoms with Crippen LogP contribution < -0.4 is 29.3 Å². The molecule has 0 aliphatic heterocycles. The molecular weight excluding hydrogens is 536 g/mol. The highest BCUT2D eigenvalue weighted by Crippen LogP contribution is 2.45. The van der Waals surface area contributed by atoms with Gasteiger partial charge in [-0.2, -0.15) is 0 Å². The molecule has 8 heteroatoms. The van der Waals surface area contributed by atoms with Crippen molar-refractivity contribution >= 4 is 11.0 Å². The van der Waals surface area contributed by atoms with Gasteiger partial charge >= 0.3 is 5.63 Å². The summed E-state index contributed by atoms with van der Waals surface area (Å²) in [7, 11) is 3.05. The van der Waals surface area contributed by atoms with Crippen molar-refractivity contribution in [2.75, 3.05) is 14.2 Å². The van der Waals surface area contributed by atoms with Crippen LogP contribution in [0.4, 0.5) is 0 Å². The van der Waals surface area contributed by atoms with Gasteiger partial charge in [-0.3, -0.25) is 0 Å². The molecule has 8 nitrogen and oxygen atoms in total. The van der Waals surface area contributed by atoms with Gasteiger partial charge < -0.3 is 33.2 Å². The van der Waals surface area contributed by atoms with Crippen molar-refractivity contribution in [1.82, 2.24) is 0 Å². The van der Waals surface area contributed by atoms with Crippen LogP contribution in [0.15, 0.2) is 106 Å². The van der Waals surface area contributed by atoms with Crippen LogP contribution in [0.1, 0.15) is 29.7 Å². The summed E-state index contributed by atoms with van der Waals surface area (Å²) in [5.74, 6) is 1.80. The molecule has 1 N–H and O–H groups in total. The summed E-state index contributed by atoms with van der Waals surface area (Å²) >= 11 is 0. The van der Waals surface area contributed by atoms with Crippen LogP contribution in [-0.2, 0) is 13.2 Å². The number of aliphatic hydroxyl groups excluding tert-OH is 1. The van der Waals surface area contributed by atoms with E-state index in [-0.39, 0.29) is 23.7 Å². The molecule has 0 aliphatic carbocycles. The summed E-state index contributed by atoms with van der Waals surface area (Å²) < 4.78 is 35.2. The van der Waals surface area contributed by atoms with Crippen LogP contribution in [0.3, 0.4) is 0 Å². The first-order chi connectivity index (χ1) is 20.5. The fraction of sp³-hybridized carbons (Fsp3) is 0.206. The number of hydrogen-bond acceptors (Lipinski definition) is 8. The fourth-order valence-corrected chi connectivity index (χ4v) is 4.51. The molecule has 0 bridgehead atoms. The maximum atomic E-state index is 12.1. The zero-order chi connectivity index (χ0) is 29.5. The molecule has 1 aromatic heterocycles. The summed E-state index contributed by atoms with van der Waals surface area (Å²) in [4.78, 5) is 12.1. The minimum atomic E-state index is -1.06. The van der Waals surface area contributed by atoms with Gasteiger partial charge in [-0.05, 0) is 47.9 Å². The largest absolute Gasteiger partial charge is 0.493 e. The third-order valence-corrected chi connectivity index (χ3v) is 6.75. The predicted octanol–water partition coefficient (Wildman–Crippen LogP) is 6.47. The summed E-state index contributed by atoms with van der Waals surface area (Å²) in [5.41, 5.74) is 2.18. The van der Waals surface area contributed by atoms with Crippen LogP contribution in [0.25, 0.3) is 11.0 Å². The van der Waals surface area contributed by atoms with E-state index in [9.17, 15) is 9.90 Å². The molecule has 0 amide bonds. The molecule has 5 aromatic rings. The number of fused-ring (bicyclic) bond motifs is 1. The summed E-state index contributed by atoms with van der Waals surface area (Å²) in [5, 5.41) is 11.9. The van der Waals surface area contributed by atoms with Crippen molar-refractivity contribution in [2.24, 2.45) is 0 Å². The highest BCUT2D eigenvalue weighted by molar-refractivity contribution is 5.88. The summed E-state index contributed by atoms with van der Waals surface area (Å²) in [6, 6.07) is 29.3. The average molecular weight is 569 g/mol. The van der Waals surface area contributed by atoms with Crippen molar-refractivity contribution in [3.05, 3.63) is 124 Å². The molecule has 0 saturated carbocycles. The van der Waals surface area contributed by atoms with E-state index in [1.165, 1.54) is 13.2 Å². The van der Waals surface area contributed by atoms with Gasteiger partial charge in [0, 0.05) is 11.5 Å². The normalized spacial score (nSPS) is 12.4. The minimum absolute atomic E-state index is 0.191. The van der Waals surface area contributed by atoms with Gasteiger partial charge in [0.05, 0.1) is 14.2 Å². The second-order valence-electron chi connectivity index (χ2n) is 9.64. The van der Waals surface area contributed by atoms with Crippen molar-refractivity contribution in [1.29, 1.82) is 0 Å². The first kappa shape index (κ1) is 28.6. The number of aliphatic hydroxyl groups is 1. The second kappa shape index (κ2) is 13.1. The highest BCUT2D eigenvalue weighted by Gasteiger charge is 2.26. The van der Waals surface area contributed by atoms with E-state index in [0.717, 1.165) is 11.1 Å². The van der Waals surface area contributed by atoms with Gasteiger partial charge in [0.25, 0.3) is 0 Å². The Morgan fingerprint density at radius 2 is 1.36 bits per heavy atom. The Hall–Kier alpha value is -4.95. The second-order valence-corrected chi connectivity index (χ2v) is 9.64. The van der Waals surface area contributed by atoms with Crippen molar-refractivity contribution in [3.63, 3.8) is 0 Å². The Bertz CT molecular complexity index is 1680. The van der Waals surface area contributed by atoms with Gasteiger partial charge in [0.15, 0.2) is 22.8 Å². The molecular formula is C34H32O8. The van der Waals surface area contributed by atoms with E-state index in [2.05, 4.69) is 0 Å². The van der Waals surface area contributed by atoms with E-state index in [0.29, 0.717) is 34.8 Å². The maximum Gasteiger partial charge on any atom is 0.336 e. The van der Waals surface area contributed by atoms with Crippen molar-refractivity contribution in [3.8, 4) is 28.7 Å². The van der Waals surface area contributed by atoms with Gasteiger partial charge in [0.1, 0.15) is 25.4 Å². The molecule has 0 radical (unpaired) electrons. The fourth-order valence-electron chi connectivity index (χ4n) is 4.51. The van der Waals surface area contributed by atoms with Crippen LogP contribution in [0.2, 0.25) is 0 Å². The molecule has 42 heavy (non-hydrogen) atoms. The molecule has 0 spiro atoms. The van der Waals surface area contributed by atoms with Gasteiger partial charge in [-0.15, -0.1) is 0 Å². The Morgan fingerprint density at radius 3 is 2.00 bits per heavy atom. The lowest BCUT2D eigenvalue weighted by Gasteiger charge is -2.24. The summed E-state index contributed by atoms with van der Waals surface area (Å²) in [6.45, 7) is 2.29. The lowest BCUT2D eigenvalue weighted by atomic mass is 10.0. The molecule has 216 valence electrons. The van der Waals surface area contributed by atoms with Crippen LogP contribution in [0.5, 0.6) is 28.7 Å². The molecule has 5 rings (SSSR count). The van der Waals surface area contributed by atoms with Gasteiger partial charge in [0.2, 0.25) is 11.5 Å². The molecule has 4 aromatic carbocycles. The monoisotopic (exact) mass is 568 g/mol. The number of ether oxygens (including phenoxy) is 5. The van der Waals surface area contributed by atoms with E-state index >= 15 is 0 Å². The Balaban J connectivity index is 1.42. The molecule has 0 unspecified atom stereocenters. The molecule has 1 heterocycles. The quantitative estimate of drug-likeness (QED) is 0.171. The van der Waals surface area contributed by atoms with Crippen molar-refractivity contribution < 1.29 is 33.2 Å². The lowest BCUT2D eigenvalue weighted by molar-refractivity contribution is 0.0427. The Labute approximate surface area is 243 Å². The number of hydrogen-bond donors (Lipinski definition) is 1. The first-order valence-electron chi connectivity index (χ1n) is 13.5. The van der Waals surface area contributed by atoms with E-state index in [4.69, 9.17) is 28.1 Å².